The third-order valence-corrected chi connectivity index (χ3v) is 2.91. The van der Waals surface area contributed by atoms with Gasteiger partial charge in [-0.2, -0.15) is 0 Å². The van der Waals surface area contributed by atoms with Crippen LogP contribution < -0.4 is 0 Å². The van der Waals surface area contributed by atoms with E-state index in [2.05, 4.69) is 62.2 Å². The Balaban J connectivity index is 2.43. The monoisotopic (exact) mass is 249 g/mol. The predicted octanol–water partition coefficient (Wildman–Crippen LogP) is 5.12. The van der Waals surface area contributed by atoms with Crippen LogP contribution in [0.3, 0.4) is 0 Å². The van der Waals surface area contributed by atoms with Gasteiger partial charge in [0, 0.05) is 11.8 Å². The summed E-state index contributed by atoms with van der Waals surface area (Å²) in [5.74, 6) is 0. The number of benzene rings is 1. The number of allylic oxidation sites excluding steroid dienone is 4. The molecule has 1 aromatic heterocycles. The Morgan fingerprint density at radius 2 is 1.89 bits per heavy atom. The maximum Gasteiger partial charge on any atom is 0.0702 e. The lowest BCUT2D eigenvalue weighted by Gasteiger charge is -2.06. The first-order valence-corrected chi connectivity index (χ1v) is 6.54. The summed E-state index contributed by atoms with van der Waals surface area (Å²) in [6, 6.07) is 14.5. The molecule has 1 aromatic carbocycles. The van der Waals surface area contributed by atoms with Crippen LogP contribution in [0.25, 0.3) is 16.8 Å². The number of rotatable bonds is 3. The van der Waals surface area contributed by atoms with Crippen molar-refractivity contribution in [3.63, 3.8) is 0 Å². The fraction of sp³-hybridized carbons (Fsp3) is 0.167. The van der Waals surface area contributed by atoms with Gasteiger partial charge in [0.15, 0.2) is 0 Å². The van der Waals surface area contributed by atoms with Gasteiger partial charge in [-0.15, -0.1) is 0 Å². The van der Waals surface area contributed by atoms with Crippen molar-refractivity contribution in [1.29, 1.82) is 0 Å². The van der Waals surface area contributed by atoms with Gasteiger partial charge >= 0.3 is 0 Å². The number of pyridine rings is 1. The molecular weight excluding hydrogens is 230 g/mol. The molecule has 0 atom stereocenters. The van der Waals surface area contributed by atoms with E-state index in [4.69, 9.17) is 0 Å². The Bertz CT molecular complexity index is 603. The first-order chi connectivity index (χ1) is 9.20. The van der Waals surface area contributed by atoms with Gasteiger partial charge in [-0.25, -0.2) is 0 Å². The molecule has 0 amide bonds. The zero-order valence-electron chi connectivity index (χ0n) is 11.7. The molecule has 0 aliphatic rings. The van der Waals surface area contributed by atoms with Crippen molar-refractivity contribution in [3.05, 3.63) is 72.0 Å². The second-order valence-corrected chi connectivity index (χ2v) is 4.76. The van der Waals surface area contributed by atoms with E-state index in [0.717, 1.165) is 11.3 Å². The van der Waals surface area contributed by atoms with E-state index in [9.17, 15) is 0 Å². The Labute approximate surface area is 115 Å². The molecule has 0 unspecified atom stereocenters. The average Bonchev–Trinajstić information content (AvgIpc) is 2.45. The molecule has 0 saturated heterocycles. The van der Waals surface area contributed by atoms with Gasteiger partial charge in [-0.3, -0.25) is 4.98 Å². The van der Waals surface area contributed by atoms with Gasteiger partial charge in [0.2, 0.25) is 0 Å². The normalized spacial score (nSPS) is 11.2. The molecule has 0 saturated carbocycles. The summed E-state index contributed by atoms with van der Waals surface area (Å²) in [6.45, 7) is 6.31. The molecule has 0 fully saturated rings. The van der Waals surface area contributed by atoms with E-state index >= 15 is 0 Å². The Morgan fingerprint density at radius 3 is 2.53 bits per heavy atom. The minimum Gasteiger partial charge on any atom is -0.256 e. The molecule has 0 spiro atoms. The SMILES string of the molecule is C/C=C(\C=C(C)C)c1cccc(-c2ccccn2)c1. The smallest absolute Gasteiger partial charge is 0.0702 e. The van der Waals surface area contributed by atoms with E-state index in [0.29, 0.717) is 0 Å². The Kier molecular flexibility index (Phi) is 4.30. The van der Waals surface area contributed by atoms with Crippen LogP contribution in [-0.2, 0) is 0 Å². The average molecular weight is 249 g/mol. The van der Waals surface area contributed by atoms with Crippen molar-refractivity contribution >= 4 is 5.57 Å². The molecule has 0 N–H and O–H groups in total. The largest absolute Gasteiger partial charge is 0.256 e. The van der Waals surface area contributed by atoms with E-state index < -0.39 is 0 Å². The summed E-state index contributed by atoms with van der Waals surface area (Å²) in [5.41, 5.74) is 5.94. The summed E-state index contributed by atoms with van der Waals surface area (Å²) in [6.07, 6.45) is 6.18. The zero-order valence-corrected chi connectivity index (χ0v) is 11.7. The topological polar surface area (TPSA) is 12.9 Å². The van der Waals surface area contributed by atoms with Crippen molar-refractivity contribution in [1.82, 2.24) is 4.98 Å². The Morgan fingerprint density at radius 1 is 1.05 bits per heavy atom. The van der Waals surface area contributed by atoms with Crippen LogP contribution in [-0.4, -0.2) is 4.98 Å². The van der Waals surface area contributed by atoms with Crippen molar-refractivity contribution in [2.24, 2.45) is 0 Å². The van der Waals surface area contributed by atoms with Gasteiger partial charge in [0.05, 0.1) is 5.69 Å². The highest BCUT2D eigenvalue weighted by Gasteiger charge is 2.02. The van der Waals surface area contributed by atoms with Gasteiger partial charge < -0.3 is 0 Å². The van der Waals surface area contributed by atoms with Gasteiger partial charge in [-0.1, -0.05) is 42.0 Å². The van der Waals surface area contributed by atoms with Gasteiger partial charge in [-0.05, 0) is 50.1 Å². The predicted molar refractivity (Wildman–Crippen MR) is 82.8 cm³/mol. The highest BCUT2D eigenvalue weighted by molar-refractivity contribution is 5.77. The molecule has 19 heavy (non-hydrogen) atoms. The van der Waals surface area contributed by atoms with E-state index in [1.54, 1.807) is 0 Å². The lowest BCUT2D eigenvalue weighted by Crippen LogP contribution is -1.86. The van der Waals surface area contributed by atoms with Crippen molar-refractivity contribution in [2.75, 3.05) is 0 Å². The third kappa shape index (κ3) is 3.41. The molecule has 0 aliphatic carbocycles. The van der Waals surface area contributed by atoms with Crippen molar-refractivity contribution in [3.8, 4) is 11.3 Å². The molecule has 1 heteroatoms. The molecule has 0 radical (unpaired) electrons. The van der Waals surface area contributed by atoms with Gasteiger partial charge in [0.25, 0.3) is 0 Å². The van der Waals surface area contributed by atoms with Crippen LogP contribution in [0.1, 0.15) is 26.3 Å². The summed E-state index contributed by atoms with van der Waals surface area (Å²) in [7, 11) is 0. The molecule has 96 valence electrons. The standard InChI is InChI=1S/C18H19N/c1-4-15(12-14(2)3)16-8-7-9-17(13-16)18-10-5-6-11-19-18/h4-13H,1-3H3/b15-4+. The van der Waals surface area contributed by atoms with E-state index in [1.807, 2.05) is 24.4 Å². The van der Waals surface area contributed by atoms with Crippen molar-refractivity contribution < 1.29 is 0 Å². The Hall–Kier alpha value is -2.15. The second kappa shape index (κ2) is 6.14. The maximum atomic E-state index is 4.40. The first-order valence-electron chi connectivity index (χ1n) is 6.54. The highest BCUT2D eigenvalue weighted by atomic mass is 14.7. The van der Waals surface area contributed by atoms with Crippen molar-refractivity contribution in [2.45, 2.75) is 20.8 Å². The minimum atomic E-state index is 1.01. The first kappa shape index (κ1) is 13.3. The molecule has 0 bridgehead atoms. The third-order valence-electron chi connectivity index (χ3n) is 2.91. The number of aromatic nitrogens is 1. The zero-order chi connectivity index (χ0) is 13.7. The fourth-order valence-electron chi connectivity index (χ4n) is 2.04. The van der Waals surface area contributed by atoms with E-state index in [-0.39, 0.29) is 0 Å². The summed E-state index contributed by atoms with van der Waals surface area (Å²) >= 11 is 0. The maximum absolute atomic E-state index is 4.40. The summed E-state index contributed by atoms with van der Waals surface area (Å²) < 4.78 is 0. The second-order valence-electron chi connectivity index (χ2n) is 4.76. The molecule has 1 heterocycles. The van der Waals surface area contributed by atoms with Crippen LogP contribution in [0.5, 0.6) is 0 Å². The number of hydrogen-bond donors (Lipinski definition) is 0. The quantitative estimate of drug-likeness (QED) is 0.688. The van der Waals surface area contributed by atoms with Crippen LogP contribution in [0.15, 0.2) is 66.4 Å². The lowest BCUT2D eigenvalue weighted by atomic mass is 10.00. The van der Waals surface area contributed by atoms with Crippen LogP contribution in [0.4, 0.5) is 0 Å². The molecule has 0 aliphatic heterocycles. The highest BCUT2D eigenvalue weighted by Crippen LogP contribution is 2.23. The molecule has 1 nitrogen and oxygen atoms in total. The lowest BCUT2D eigenvalue weighted by molar-refractivity contribution is 1.32. The number of hydrogen-bond acceptors (Lipinski definition) is 1. The van der Waals surface area contributed by atoms with E-state index in [1.165, 1.54) is 16.7 Å². The van der Waals surface area contributed by atoms with Crippen LogP contribution in [0.2, 0.25) is 0 Å². The molecule has 2 rings (SSSR count). The summed E-state index contributed by atoms with van der Waals surface area (Å²) in [4.78, 5) is 4.40. The number of nitrogens with zero attached hydrogens (tertiary/aromatic N) is 1. The van der Waals surface area contributed by atoms with Crippen LogP contribution >= 0.6 is 0 Å². The van der Waals surface area contributed by atoms with Crippen LogP contribution in [0, 0.1) is 0 Å². The van der Waals surface area contributed by atoms with Gasteiger partial charge in [0.1, 0.15) is 0 Å². The molecule has 2 aromatic rings. The minimum absolute atomic E-state index is 1.01. The summed E-state index contributed by atoms with van der Waals surface area (Å²) in [5, 5.41) is 0. The fourth-order valence-corrected chi connectivity index (χ4v) is 2.04. The molecular formula is C18H19N.